The fourth-order valence-corrected chi connectivity index (χ4v) is 3.50. The molecule has 0 radical (unpaired) electrons. The third-order valence-electron chi connectivity index (χ3n) is 3.67. The van der Waals surface area contributed by atoms with Crippen LogP contribution in [0.5, 0.6) is 0 Å². The number of nitrogens with zero attached hydrogens (tertiary/aromatic N) is 4. The van der Waals surface area contributed by atoms with E-state index in [1.54, 1.807) is 31.2 Å². The second kappa shape index (κ2) is 6.92. The highest BCUT2D eigenvalue weighted by atomic mass is 32.2. The summed E-state index contributed by atoms with van der Waals surface area (Å²) in [5, 5.41) is 26.8. The van der Waals surface area contributed by atoms with Gasteiger partial charge in [0.25, 0.3) is 17.3 Å². The molecular weight excluding hydrogens is 360 g/mol. The number of thioether (sulfide) groups is 1. The van der Waals surface area contributed by atoms with Gasteiger partial charge in [-0.05, 0) is 25.1 Å². The van der Waals surface area contributed by atoms with Crippen molar-refractivity contribution >= 4 is 40.4 Å². The van der Waals surface area contributed by atoms with Crippen LogP contribution >= 0.6 is 11.8 Å². The summed E-state index contributed by atoms with van der Waals surface area (Å²) in [6.07, 6.45) is 0. The van der Waals surface area contributed by atoms with E-state index in [1.165, 1.54) is 17.1 Å². The maximum atomic E-state index is 12.7. The molecule has 132 valence electrons. The molecule has 0 unspecified atom stereocenters. The number of para-hydroxylation sites is 1. The molecule has 10 heteroatoms. The highest BCUT2D eigenvalue weighted by Crippen LogP contribution is 2.38. The predicted molar refractivity (Wildman–Crippen MR) is 96.4 cm³/mol. The van der Waals surface area contributed by atoms with Crippen molar-refractivity contribution in [2.75, 3.05) is 5.01 Å². The van der Waals surface area contributed by atoms with Gasteiger partial charge < -0.3 is 0 Å². The molecule has 2 aromatic carbocycles. The summed E-state index contributed by atoms with van der Waals surface area (Å²) in [6, 6.07) is 12.2. The quantitative estimate of drug-likeness (QED) is 0.586. The average Bonchev–Trinajstić information content (AvgIpc) is 2.90. The summed E-state index contributed by atoms with van der Waals surface area (Å²) in [5.74, 6) is -0.327. The van der Waals surface area contributed by atoms with Crippen molar-refractivity contribution in [3.63, 3.8) is 0 Å². The minimum atomic E-state index is -0.740. The number of nitro groups is 2. The highest BCUT2D eigenvalue weighted by molar-refractivity contribution is 8.01. The van der Waals surface area contributed by atoms with E-state index >= 15 is 0 Å². The van der Waals surface area contributed by atoms with Gasteiger partial charge >= 0.3 is 0 Å². The molecule has 0 fully saturated rings. The van der Waals surface area contributed by atoms with Crippen molar-refractivity contribution in [1.29, 1.82) is 0 Å². The molecule has 1 aliphatic heterocycles. The van der Waals surface area contributed by atoms with Crippen LogP contribution in [-0.4, -0.2) is 26.7 Å². The Morgan fingerprint density at radius 2 is 1.77 bits per heavy atom. The smallest absolute Gasteiger partial charge is 0.271 e. The van der Waals surface area contributed by atoms with E-state index in [4.69, 9.17) is 0 Å². The molecule has 0 spiro atoms. The first kappa shape index (κ1) is 17.5. The van der Waals surface area contributed by atoms with Crippen molar-refractivity contribution in [3.05, 3.63) is 68.8 Å². The normalized spacial score (nSPS) is 16.5. The number of hydrazone groups is 1. The standard InChI is InChI=1S/C16H12N4O5S/c1-10-15(16(21)18(17-10)11-5-3-2-4-6-11)26-14-8-7-12(19(22)23)9-13(14)20(24)25/h2-9,15H,1H3/t15-/m0/s1. The van der Waals surface area contributed by atoms with Gasteiger partial charge in [0.1, 0.15) is 5.25 Å². The third kappa shape index (κ3) is 3.26. The molecule has 1 heterocycles. The lowest BCUT2D eigenvalue weighted by Gasteiger charge is -2.14. The first-order valence-corrected chi connectivity index (χ1v) is 8.30. The lowest BCUT2D eigenvalue weighted by Crippen LogP contribution is -2.29. The first-order chi connectivity index (χ1) is 12.4. The van der Waals surface area contributed by atoms with Gasteiger partial charge in [0.05, 0.1) is 32.2 Å². The Balaban J connectivity index is 1.90. The minimum Gasteiger partial charge on any atom is -0.271 e. The maximum Gasteiger partial charge on any atom is 0.289 e. The zero-order chi connectivity index (χ0) is 18.8. The Morgan fingerprint density at radius 3 is 2.38 bits per heavy atom. The number of benzene rings is 2. The van der Waals surface area contributed by atoms with Crippen LogP contribution < -0.4 is 5.01 Å². The number of hydrogen-bond acceptors (Lipinski definition) is 7. The third-order valence-corrected chi connectivity index (χ3v) is 5.04. The van der Waals surface area contributed by atoms with Crippen LogP contribution in [0, 0.1) is 20.2 Å². The van der Waals surface area contributed by atoms with Crippen LogP contribution in [0.2, 0.25) is 0 Å². The zero-order valence-electron chi connectivity index (χ0n) is 13.4. The Hall–Kier alpha value is -3.27. The van der Waals surface area contributed by atoms with Gasteiger partial charge in [0, 0.05) is 6.07 Å². The molecule has 0 N–H and O–H groups in total. The number of non-ortho nitro benzene ring substituents is 1. The monoisotopic (exact) mass is 372 g/mol. The maximum absolute atomic E-state index is 12.7. The molecule has 0 aliphatic carbocycles. The van der Waals surface area contributed by atoms with E-state index in [0.717, 1.165) is 17.8 Å². The lowest BCUT2D eigenvalue weighted by molar-refractivity contribution is -0.396. The summed E-state index contributed by atoms with van der Waals surface area (Å²) < 4.78 is 0. The van der Waals surface area contributed by atoms with E-state index in [0.29, 0.717) is 11.4 Å². The molecule has 0 saturated carbocycles. The van der Waals surface area contributed by atoms with E-state index in [2.05, 4.69) is 5.10 Å². The molecule has 9 nitrogen and oxygen atoms in total. The predicted octanol–water partition coefficient (Wildman–Crippen LogP) is 3.39. The lowest BCUT2D eigenvalue weighted by atomic mass is 10.2. The Kier molecular flexibility index (Phi) is 4.67. The molecular formula is C16H12N4O5S. The van der Waals surface area contributed by atoms with Crippen LogP contribution in [0.1, 0.15) is 6.92 Å². The SMILES string of the molecule is CC1=NN(c2ccccc2)C(=O)[C@H]1Sc1ccc([N+](=O)[O-])cc1[N+](=O)[O-]. The topological polar surface area (TPSA) is 119 Å². The van der Waals surface area contributed by atoms with Crippen LogP contribution in [0.25, 0.3) is 0 Å². The van der Waals surface area contributed by atoms with E-state index < -0.39 is 20.8 Å². The Morgan fingerprint density at radius 1 is 1.08 bits per heavy atom. The summed E-state index contributed by atoms with van der Waals surface area (Å²) in [6.45, 7) is 1.66. The van der Waals surface area contributed by atoms with Crippen molar-refractivity contribution < 1.29 is 14.6 Å². The first-order valence-electron chi connectivity index (χ1n) is 7.42. The minimum absolute atomic E-state index is 0.170. The summed E-state index contributed by atoms with van der Waals surface area (Å²) in [4.78, 5) is 33.6. The van der Waals surface area contributed by atoms with Crippen LogP contribution in [0.3, 0.4) is 0 Å². The second-order valence-corrected chi connectivity index (χ2v) is 6.54. The molecule has 1 aliphatic rings. The van der Waals surface area contributed by atoms with Crippen LogP contribution in [0.4, 0.5) is 17.1 Å². The van der Waals surface area contributed by atoms with Crippen molar-refractivity contribution in [2.45, 2.75) is 17.1 Å². The number of carbonyl (C=O) groups excluding carboxylic acids is 1. The van der Waals surface area contributed by atoms with E-state index in [9.17, 15) is 25.0 Å². The molecule has 2 aromatic rings. The summed E-state index contributed by atoms with van der Waals surface area (Å²) >= 11 is 0.955. The second-order valence-electron chi connectivity index (χ2n) is 5.39. The van der Waals surface area contributed by atoms with Gasteiger partial charge in [0.2, 0.25) is 0 Å². The number of hydrogen-bond donors (Lipinski definition) is 0. The molecule has 0 aromatic heterocycles. The van der Waals surface area contributed by atoms with E-state index in [-0.39, 0.29) is 16.5 Å². The van der Waals surface area contributed by atoms with Gasteiger partial charge in [-0.3, -0.25) is 25.0 Å². The Labute approximate surface area is 151 Å². The van der Waals surface area contributed by atoms with Gasteiger partial charge in [-0.1, -0.05) is 30.0 Å². The molecule has 26 heavy (non-hydrogen) atoms. The number of nitro benzene ring substituents is 2. The van der Waals surface area contributed by atoms with Gasteiger partial charge in [-0.25, -0.2) is 0 Å². The largest absolute Gasteiger partial charge is 0.289 e. The molecule has 1 atom stereocenters. The number of amides is 1. The fourth-order valence-electron chi connectivity index (χ4n) is 2.43. The van der Waals surface area contributed by atoms with E-state index in [1.807, 2.05) is 6.07 Å². The number of carbonyl (C=O) groups is 1. The Bertz CT molecular complexity index is 931. The van der Waals surface area contributed by atoms with Gasteiger partial charge in [0.15, 0.2) is 0 Å². The zero-order valence-corrected chi connectivity index (χ0v) is 14.3. The highest BCUT2D eigenvalue weighted by Gasteiger charge is 2.37. The molecule has 1 amide bonds. The fraction of sp³-hybridized carbons (Fsp3) is 0.125. The molecule has 0 bridgehead atoms. The average molecular weight is 372 g/mol. The van der Waals surface area contributed by atoms with Crippen molar-refractivity contribution in [1.82, 2.24) is 0 Å². The van der Waals surface area contributed by atoms with Crippen LogP contribution in [-0.2, 0) is 4.79 Å². The summed E-state index contributed by atoms with van der Waals surface area (Å²) in [5.41, 5.74) is 0.299. The number of anilines is 1. The number of rotatable bonds is 5. The van der Waals surface area contributed by atoms with Crippen molar-refractivity contribution in [2.24, 2.45) is 5.10 Å². The van der Waals surface area contributed by atoms with Crippen molar-refractivity contribution in [3.8, 4) is 0 Å². The molecule has 3 rings (SSSR count). The van der Waals surface area contributed by atoms with Crippen LogP contribution in [0.15, 0.2) is 58.5 Å². The van der Waals surface area contributed by atoms with Gasteiger partial charge in [-0.15, -0.1) is 0 Å². The van der Waals surface area contributed by atoms with Gasteiger partial charge in [-0.2, -0.15) is 10.1 Å². The molecule has 0 saturated heterocycles. The summed E-state index contributed by atoms with van der Waals surface area (Å²) in [7, 11) is 0.